The Kier molecular flexibility index (Phi) is 24.0. The lowest BCUT2D eigenvalue weighted by atomic mass is 10.0. The van der Waals surface area contributed by atoms with Gasteiger partial charge in [0.1, 0.15) is 0 Å². The minimum atomic E-state index is 0.747. The van der Waals surface area contributed by atoms with Crippen LogP contribution in [0.2, 0.25) is 0 Å². The molecule has 1 radical (unpaired) electrons. The molecule has 0 fully saturated rings. The van der Waals surface area contributed by atoms with Crippen molar-refractivity contribution in [1.82, 2.24) is 0 Å². The maximum absolute atomic E-state index is 8.48. The Bertz CT molecular complexity index is 278. The lowest BCUT2D eigenvalue weighted by Gasteiger charge is -2.04. The second-order valence-electron chi connectivity index (χ2n) is 8.19. The number of nitrogens with zero attached hydrogens (tertiary/aromatic N) is 1. The van der Waals surface area contributed by atoms with Crippen LogP contribution in [0, 0.1) is 18.3 Å². The summed E-state index contributed by atoms with van der Waals surface area (Å²) >= 11 is 0. The highest BCUT2D eigenvalue weighted by Gasteiger charge is 1.95. The zero-order chi connectivity index (χ0) is 19.0. The maximum atomic E-state index is 8.48. The maximum Gasteiger partial charge on any atom is 0.0621 e. The first-order chi connectivity index (χ1) is 12.9. The van der Waals surface area contributed by atoms with Crippen molar-refractivity contribution in [2.24, 2.45) is 0 Å². The van der Waals surface area contributed by atoms with Gasteiger partial charge in [-0.15, -0.1) is 0 Å². The molecule has 0 saturated carbocycles. The van der Waals surface area contributed by atoms with E-state index in [1.165, 1.54) is 128 Å². The molecule has 0 aromatic rings. The Hall–Kier alpha value is -0.510. The highest BCUT2D eigenvalue weighted by atomic mass is 14.2. The fourth-order valence-electron chi connectivity index (χ4n) is 3.74. The summed E-state index contributed by atoms with van der Waals surface area (Å²) in [5, 5.41) is 8.48. The molecule has 26 heavy (non-hydrogen) atoms. The minimum absolute atomic E-state index is 0.747. The molecular formula is C25H48N. The second kappa shape index (κ2) is 24.5. The van der Waals surface area contributed by atoms with E-state index in [0.29, 0.717) is 0 Å². The molecule has 0 aliphatic rings. The Morgan fingerprint density at radius 2 is 0.615 bits per heavy atom. The first kappa shape index (κ1) is 25.5. The van der Waals surface area contributed by atoms with Gasteiger partial charge in [0, 0.05) is 6.42 Å². The van der Waals surface area contributed by atoms with E-state index in [9.17, 15) is 0 Å². The molecule has 0 spiro atoms. The second-order valence-corrected chi connectivity index (χ2v) is 8.19. The van der Waals surface area contributed by atoms with Gasteiger partial charge in [0.05, 0.1) is 6.07 Å². The smallest absolute Gasteiger partial charge is 0.0621 e. The van der Waals surface area contributed by atoms with Crippen molar-refractivity contribution in [3.05, 3.63) is 6.92 Å². The van der Waals surface area contributed by atoms with Crippen LogP contribution in [-0.4, -0.2) is 0 Å². The molecule has 0 saturated heterocycles. The highest BCUT2D eigenvalue weighted by molar-refractivity contribution is 4.67. The molecule has 0 heterocycles. The highest BCUT2D eigenvalue weighted by Crippen LogP contribution is 2.15. The molecule has 153 valence electrons. The van der Waals surface area contributed by atoms with Crippen LogP contribution in [0.1, 0.15) is 148 Å². The van der Waals surface area contributed by atoms with Gasteiger partial charge in [-0.05, 0) is 6.42 Å². The summed E-state index contributed by atoms with van der Waals surface area (Å²) in [4.78, 5) is 0. The van der Waals surface area contributed by atoms with E-state index in [2.05, 4.69) is 13.0 Å². The molecule has 0 aliphatic carbocycles. The first-order valence-corrected chi connectivity index (χ1v) is 12.1. The van der Waals surface area contributed by atoms with Crippen molar-refractivity contribution >= 4 is 0 Å². The fourth-order valence-corrected chi connectivity index (χ4v) is 3.74. The van der Waals surface area contributed by atoms with Crippen molar-refractivity contribution in [2.45, 2.75) is 148 Å². The van der Waals surface area contributed by atoms with Crippen molar-refractivity contribution in [1.29, 1.82) is 5.26 Å². The van der Waals surface area contributed by atoms with E-state index in [4.69, 9.17) is 5.26 Å². The van der Waals surface area contributed by atoms with Crippen LogP contribution < -0.4 is 0 Å². The molecule has 0 aliphatic heterocycles. The van der Waals surface area contributed by atoms with Gasteiger partial charge in [-0.3, -0.25) is 0 Å². The average Bonchev–Trinajstić information content (AvgIpc) is 2.66. The predicted octanol–water partition coefficient (Wildman–Crippen LogP) is 9.32. The van der Waals surface area contributed by atoms with Crippen molar-refractivity contribution in [3.63, 3.8) is 0 Å². The van der Waals surface area contributed by atoms with Crippen LogP contribution in [-0.2, 0) is 0 Å². The van der Waals surface area contributed by atoms with Crippen LogP contribution in [0.4, 0.5) is 0 Å². The third-order valence-electron chi connectivity index (χ3n) is 5.54. The normalized spacial score (nSPS) is 10.9. The molecule has 1 heteroatoms. The minimum Gasteiger partial charge on any atom is -0.198 e. The summed E-state index contributed by atoms with van der Waals surface area (Å²) in [6.45, 7) is 3.90. The molecule has 0 N–H and O–H groups in total. The van der Waals surface area contributed by atoms with Crippen LogP contribution in [0.3, 0.4) is 0 Å². The fraction of sp³-hybridized carbons (Fsp3) is 0.920. The van der Waals surface area contributed by atoms with E-state index in [0.717, 1.165) is 19.3 Å². The standard InChI is InChI=1S/C25H48N/c1-2-3-4-5-6-7-8-9-10-11-12-13-14-15-16-17-18-19-20-21-22-23-24-25-26/h1-24H2. The quantitative estimate of drug-likeness (QED) is 0.176. The Labute approximate surface area is 166 Å². The lowest BCUT2D eigenvalue weighted by Crippen LogP contribution is -1.84. The van der Waals surface area contributed by atoms with Gasteiger partial charge in [0.25, 0.3) is 0 Å². The average molecular weight is 363 g/mol. The van der Waals surface area contributed by atoms with Crippen LogP contribution in [0.15, 0.2) is 0 Å². The van der Waals surface area contributed by atoms with Crippen molar-refractivity contribution in [3.8, 4) is 6.07 Å². The topological polar surface area (TPSA) is 23.8 Å². The van der Waals surface area contributed by atoms with E-state index in [1.54, 1.807) is 0 Å². The molecule has 0 bridgehead atoms. The Morgan fingerprint density at radius 3 is 0.846 bits per heavy atom. The zero-order valence-electron chi connectivity index (χ0n) is 17.9. The summed E-state index contributed by atoms with van der Waals surface area (Å²) in [6, 6.07) is 2.23. The third-order valence-corrected chi connectivity index (χ3v) is 5.54. The summed E-state index contributed by atoms with van der Waals surface area (Å²) < 4.78 is 0. The predicted molar refractivity (Wildman–Crippen MR) is 117 cm³/mol. The first-order valence-electron chi connectivity index (χ1n) is 12.1. The van der Waals surface area contributed by atoms with Gasteiger partial charge in [-0.1, -0.05) is 142 Å². The van der Waals surface area contributed by atoms with Crippen LogP contribution >= 0.6 is 0 Å². The molecule has 0 aromatic carbocycles. The largest absolute Gasteiger partial charge is 0.198 e. The van der Waals surface area contributed by atoms with E-state index < -0.39 is 0 Å². The number of unbranched alkanes of at least 4 members (excludes halogenated alkanes) is 22. The van der Waals surface area contributed by atoms with Gasteiger partial charge >= 0.3 is 0 Å². The van der Waals surface area contributed by atoms with Crippen LogP contribution in [0.25, 0.3) is 0 Å². The summed E-state index contributed by atoms with van der Waals surface area (Å²) in [5.74, 6) is 0. The van der Waals surface area contributed by atoms with Crippen molar-refractivity contribution < 1.29 is 0 Å². The Balaban J connectivity index is 2.96. The zero-order valence-corrected chi connectivity index (χ0v) is 17.9. The molecule has 0 aromatic heterocycles. The van der Waals surface area contributed by atoms with Gasteiger partial charge < -0.3 is 0 Å². The van der Waals surface area contributed by atoms with E-state index in [-0.39, 0.29) is 0 Å². The number of hydrogen-bond acceptors (Lipinski definition) is 1. The Morgan fingerprint density at radius 1 is 0.385 bits per heavy atom. The lowest BCUT2D eigenvalue weighted by molar-refractivity contribution is 0.520. The van der Waals surface area contributed by atoms with Gasteiger partial charge in [0.15, 0.2) is 0 Å². The monoisotopic (exact) mass is 362 g/mol. The summed E-state index contributed by atoms with van der Waals surface area (Å²) in [7, 11) is 0. The SMILES string of the molecule is [CH2]CCCCCCCCCCCCCCCCCCCCCCCC#N. The molecule has 0 rings (SSSR count). The molecule has 1 nitrogen and oxygen atoms in total. The number of nitriles is 1. The summed E-state index contributed by atoms with van der Waals surface area (Å²) in [5.41, 5.74) is 0. The van der Waals surface area contributed by atoms with Crippen LogP contribution in [0.5, 0.6) is 0 Å². The molecule has 0 atom stereocenters. The molecule has 0 unspecified atom stereocenters. The molecular weight excluding hydrogens is 314 g/mol. The van der Waals surface area contributed by atoms with Crippen molar-refractivity contribution in [2.75, 3.05) is 0 Å². The number of rotatable bonds is 22. The summed E-state index contributed by atoms with van der Waals surface area (Å²) in [6.07, 6.45) is 31.4. The van der Waals surface area contributed by atoms with Gasteiger partial charge in [0.2, 0.25) is 0 Å². The van der Waals surface area contributed by atoms with Gasteiger partial charge in [-0.25, -0.2) is 0 Å². The molecule has 0 amide bonds. The number of hydrogen-bond donors (Lipinski definition) is 0. The third kappa shape index (κ3) is 23.5. The van der Waals surface area contributed by atoms with E-state index >= 15 is 0 Å². The van der Waals surface area contributed by atoms with Gasteiger partial charge in [-0.2, -0.15) is 5.26 Å². The van der Waals surface area contributed by atoms with E-state index in [1.807, 2.05) is 0 Å².